The molecule has 2 fully saturated rings. The quantitative estimate of drug-likeness (QED) is 0.0768. The molecule has 12 rings (SSSR count). The predicted molar refractivity (Wildman–Crippen MR) is 837 cm³/mol. The molecule has 0 bridgehead atoms. The first-order valence-corrected chi connectivity index (χ1v) is 223. The Morgan fingerprint density at radius 3 is 0.896 bits per heavy atom. The first-order valence-electron chi connectivity index (χ1n) is 40.0. The van der Waals surface area contributed by atoms with Crippen molar-refractivity contribution in [3.05, 3.63) is 231 Å². The van der Waals surface area contributed by atoms with E-state index in [0.717, 1.165) is 16.4 Å². The molecule has 4 nitrogen and oxygen atoms in total. The third-order valence-corrected chi connectivity index (χ3v) is 2170. The number of halogens is 31. The second-order valence-electron chi connectivity index (χ2n) is 38.3. The molecule has 4 aliphatic rings. The van der Waals surface area contributed by atoms with Crippen molar-refractivity contribution in [3.8, 4) is 0 Å². The van der Waals surface area contributed by atoms with Crippen molar-refractivity contribution in [1.82, 2.24) is 0 Å². The minimum absolute atomic E-state index is 0.00170. The Kier molecular flexibility index (Phi) is 52.8. The summed E-state index contributed by atoms with van der Waals surface area (Å²) in [6, 6.07) is 64.0. The topological polar surface area (TPSA) is 21.8 Å². The minimum atomic E-state index is -0.488. The van der Waals surface area contributed by atoms with Gasteiger partial charge in [0, 0.05) is 67.0 Å². The van der Waals surface area contributed by atoms with E-state index in [1.807, 2.05) is 6.07 Å². The van der Waals surface area contributed by atoms with Crippen LogP contribution in [0.3, 0.4) is 0 Å². The third-order valence-electron chi connectivity index (χ3n) is 23.5. The van der Waals surface area contributed by atoms with Gasteiger partial charge in [0.2, 0.25) is 0 Å². The SMILES string of the molecule is CC(C)(C)c1cccc(Nc2cccc(C(C)(C)C)c2)c1.Cc1cc(Cl)cc(N2c3ccc(C(C)(C)C)cc3C3(C)CCCCC23C)c1.Cc1cc(N(c2cccc(C(C)(C)C)c2)c2cccc(C(C)(C)C)c2)cc(N2c3ccc(C(C)(C)C)cc3C3(C)CCCCC23C)c1.II(I)I(I)I(I)I(I)I(I)I(I)I(I)I(I)I(I)I(I)I(I)I(I)I(I)I(I)I. The summed E-state index contributed by atoms with van der Waals surface area (Å²) in [6.07, 6.45) is 10.1. The standard InChI is InChI=1S/C45H58N2.C25H32ClN.C20H27N.I30/c1-31-25-37(46(35-19-15-17-32(27-35)41(2,3)4)36-20-16-18-33(28-36)42(5,6)7)30-38(26-31)47-40-22-21-34(43(8,9)10)29-39(40)44(11)23-13-14-24-45(44,47)12;1-17-13-19(26)16-20(14-17)27-22-10-9-18(23(2,3)4)15-21(22)24(5)11-7-8-12-25(24,27)6;1-19(2,3)15-9-7-11-17(13-15)21-18-12-8-10-16(14-18)20(4,5)6;1-17(2)19(5)21(7)23(9)25(11)27(13)29(15)30(16)28(14)26(12)24(10)22(8)20(6)18(3)4/h15-22,25-30H,13-14,23-24H2,1-12H3;9-10,13-16H,7-8,11-12H2,1-6H3;7-14,21H,1-6H3;. The summed E-state index contributed by atoms with van der Waals surface area (Å²) in [7, 11) is -6.50. The van der Waals surface area contributed by atoms with Crippen molar-refractivity contribution in [2.75, 3.05) is 20.0 Å². The maximum atomic E-state index is 6.47. The Morgan fingerprint density at radius 1 is 0.304 bits per heavy atom. The molecule has 4 unspecified atom stereocenters. The second-order valence-corrected chi connectivity index (χ2v) is 721. The van der Waals surface area contributed by atoms with E-state index in [1.165, 1.54) is 147 Å². The average Bonchev–Trinajstić information content (AvgIpc) is 1.54. The fraction of sp³-hybridized carbons (Fsp3) is 0.467. The van der Waals surface area contributed by atoms with Gasteiger partial charge in [-0.3, -0.25) is 0 Å². The van der Waals surface area contributed by atoms with E-state index in [4.69, 9.17) is 11.6 Å². The van der Waals surface area contributed by atoms with Crippen molar-refractivity contribution in [2.45, 2.75) is 272 Å². The molecular formula is C90H117ClI30N4. The van der Waals surface area contributed by atoms with Gasteiger partial charge in [-0.15, -0.1) is 0 Å². The third kappa shape index (κ3) is 32.2. The fourth-order valence-electron chi connectivity index (χ4n) is 16.4. The molecule has 125 heavy (non-hydrogen) atoms. The molecule has 0 saturated heterocycles. The number of fused-ring (bicyclic) bond motifs is 6. The number of benzene rings is 8. The molecule has 2 saturated carbocycles. The van der Waals surface area contributed by atoms with Crippen LogP contribution in [-0.4, -0.2) is 11.1 Å². The molecule has 8 aromatic rings. The van der Waals surface area contributed by atoms with Crippen LogP contribution in [0.2, 0.25) is 5.02 Å². The zero-order valence-corrected chi connectivity index (χ0v) is 140. The Morgan fingerprint density at radius 2 is 0.584 bits per heavy atom. The molecule has 0 radical (unpaired) electrons. The van der Waals surface area contributed by atoms with Gasteiger partial charge < -0.3 is 20.0 Å². The van der Waals surface area contributed by atoms with E-state index < -0.39 is 111 Å². The fourth-order valence-corrected chi connectivity index (χ4v) is 5050. The summed E-state index contributed by atoms with van der Waals surface area (Å²) in [5.41, 5.74) is 26.0. The van der Waals surface area contributed by atoms with Crippen LogP contribution in [0.4, 0.5) is 51.2 Å². The number of nitrogens with zero attached hydrogens (tertiary/aromatic N) is 3. The van der Waals surface area contributed by atoms with Crippen molar-refractivity contribution in [1.29, 1.82) is 0 Å². The zero-order valence-electron chi connectivity index (χ0n) is 74.4. The van der Waals surface area contributed by atoms with Gasteiger partial charge in [-0.25, -0.2) is 0 Å². The molecule has 0 amide bonds. The first kappa shape index (κ1) is 124. The number of nitrogens with one attached hydrogen (secondary N) is 1. The normalized spacial score (nSPS) is 20.5. The van der Waals surface area contributed by atoms with Crippen LogP contribution in [0.15, 0.2) is 170 Å². The van der Waals surface area contributed by atoms with Crippen molar-refractivity contribution < 1.29 is 0 Å². The molecule has 8 aromatic carbocycles. The zero-order chi connectivity index (χ0) is 93.5. The van der Waals surface area contributed by atoms with Gasteiger partial charge in [-0.2, -0.15) is 0 Å². The first-order chi connectivity index (χ1) is 57.6. The number of rotatable bonds is 20. The van der Waals surface area contributed by atoms with E-state index in [9.17, 15) is 0 Å². The van der Waals surface area contributed by atoms with E-state index in [0.29, 0.717) is 0 Å². The molecule has 35 heteroatoms. The summed E-state index contributed by atoms with van der Waals surface area (Å²) in [5.74, 6) is 0. The van der Waals surface area contributed by atoms with Crippen LogP contribution < -0.4 is 20.0 Å². The van der Waals surface area contributed by atoms with Crippen LogP contribution >= 0.6 is 420 Å². The molecule has 714 valence electrons. The van der Waals surface area contributed by atoms with Gasteiger partial charge >= 0.3 is 408 Å². The number of aryl methyl sites for hydroxylation is 2. The Hall–Kier alpha value is 15.2. The van der Waals surface area contributed by atoms with Crippen LogP contribution in [0, 0.1) is 13.8 Å². The molecule has 4 atom stereocenters. The summed E-state index contributed by atoms with van der Waals surface area (Å²) >= 11 is 56.8. The van der Waals surface area contributed by atoms with E-state index in [1.54, 1.807) is 0 Å². The van der Waals surface area contributed by atoms with Crippen LogP contribution in [0.25, 0.3) is 0 Å². The van der Waals surface area contributed by atoms with Crippen LogP contribution in [0.5, 0.6) is 0 Å². The average molecular weight is 5100 g/mol. The summed E-state index contributed by atoms with van der Waals surface area (Å²) < 4.78 is 0. The van der Waals surface area contributed by atoms with Gasteiger partial charge in [0.15, 0.2) is 0 Å². The molecule has 2 aliphatic heterocycles. The molecule has 2 aliphatic carbocycles. The molecule has 1 N–H and O–H groups in total. The maximum absolute atomic E-state index is 6.47. The van der Waals surface area contributed by atoms with Gasteiger partial charge in [-0.1, -0.05) is 249 Å². The van der Waals surface area contributed by atoms with Crippen LogP contribution in [-0.2, 0) is 43.3 Å². The summed E-state index contributed by atoms with van der Waals surface area (Å²) in [6.45, 7) is 55.7. The molecule has 2 heterocycles. The van der Waals surface area contributed by atoms with E-state index in [-0.39, 0.29) is 54.4 Å². The Balaban J connectivity index is 0.000000198. The summed E-state index contributed by atoms with van der Waals surface area (Å²) in [4.78, 5) is 7.83. The number of anilines is 9. The van der Waals surface area contributed by atoms with Gasteiger partial charge in [0.25, 0.3) is 0 Å². The molecule has 0 aromatic heterocycles. The van der Waals surface area contributed by atoms with Gasteiger partial charge in [0.05, 0.1) is 11.1 Å². The Labute approximate surface area is 965 Å². The van der Waals surface area contributed by atoms with Crippen molar-refractivity contribution in [3.63, 3.8) is 0 Å². The second kappa shape index (κ2) is 53.3. The Bertz CT molecular complexity index is 4810. The van der Waals surface area contributed by atoms with Crippen molar-refractivity contribution >= 4 is 471 Å². The van der Waals surface area contributed by atoms with Crippen molar-refractivity contribution in [2.24, 2.45) is 0 Å². The van der Waals surface area contributed by atoms with E-state index in [2.05, 4.69) is 648 Å². The van der Waals surface area contributed by atoms with Crippen LogP contribution in [0.1, 0.15) is 259 Å². The predicted octanol–water partition coefficient (Wildman–Crippen LogP) is 53.4. The molecular weight excluding hydrogens is 4980 g/mol. The van der Waals surface area contributed by atoms with E-state index >= 15 is 0 Å². The monoisotopic (exact) mass is 5100 g/mol. The molecule has 0 spiro atoms. The summed E-state index contributed by atoms with van der Waals surface area (Å²) in [5, 5.41) is 4.35. The van der Waals surface area contributed by atoms with Gasteiger partial charge in [0.1, 0.15) is 0 Å². The van der Waals surface area contributed by atoms with Gasteiger partial charge in [-0.05, 0) is 239 Å². The number of hydrogen-bond donors (Lipinski definition) is 1. The number of hydrogen-bond acceptors (Lipinski definition) is 4.